The van der Waals surface area contributed by atoms with Crippen LogP contribution in [0.1, 0.15) is 34.9 Å². The third kappa shape index (κ3) is 2.44. The number of carbonyl (C=O) groups is 1. The number of hydrogen-bond acceptors (Lipinski definition) is 7. The molecule has 2 aliphatic carbocycles. The van der Waals surface area contributed by atoms with Crippen molar-refractivity contribution in [1.29, 1.82) is 0 Å². The number of hydrogen-bond donors (Lipinski definition) is 2. The molecule has 26 heavy (non-hydrogen) atoms. The van der Waals surface area contributed by atoms with Crippen LogP contribution >= 0.6 is 0 Å². The Balaban J connectivity index is 1.42. The van der Waals surface area contributed by atoms with Gasteiger partial charge >= 0.3 is 6.16 Å². The van der Waals surface area contributed by atoms with Crippen molar-refractivity contribution in [3.8, 4) is 11.8 Å². The Morgan fingerprint density at radius 1 is 1.15 bits per heavy atom. The zero-order valence-electron chi connectivity index (χ0n) is 13.4. The molecule has 0 saturated heterocycles. The molecule has 0 aliphatic heterocycles. The number of rotatable bonds is 4. The highest BCUT2D eigenvalue weighted by molar-refractivity contribution is 5.63. The molecule has 0 radical (unpaired) electrons. The standard InChI is InChI=1S/C17H14N2O7/c20-15-13-10-3-4-11(7-10)14(13)16(21)18(15)26-17(22)25-8-9-1-5-12(6-2-9)19(23)24/h1-6,10-11,20-21H,7-8H2/t10-,11?/m0/s1. The molecule has 4 rings (SSSR count). The number of aromatic nitrogens is 1. The molecule has 1 aromatic carbocycles. The normalized spacial score (nSPS) is 19.4. The van der Waals surface area contributed by atoms with Gasteiger partial charge in [-0.25, -0.2) is 4.79 Å². The maximum absolute atomic E-state index is 11.9. The molecule has 2 N–H and O–H groups in total. The van der Waals surface area contributed by atoms with Gasteiger partial charge in [-0.05, 0) is 24.1 Å². The van der Waals surface area contributed by atoms with Gasteiger partial charge in [0.1, 0.15) is 6.61 Å². The molecule has 9 heteroatoms. The number of nitro benzene ring substituents is 1. The van der Waals surface area contributed by atoms with E-state index in [2.05, 4.69) is 0 Å². The molecule has 1 heterocycles. The van der Waals surface area contributed by atoms with Crippen LogP contribution < -0.4 is 4.84 Å². The zero-order chi connectivity index (χ0) is 18.4. The monoisotopic (exact) mass is 358 g/mol. The van der Waals surface area contributed by atoms with E-state index in [1.165, 1.54) is 24.3 Å². The summed E-state index contributed by atoms with van der Waals surface area (Å²) in [4.78, 5) is 26.8. The molecular formula is C17H14N2O7. The molecule has 0 fully saturated rings. The average Bonchev–Trinajstić information content (AvgIpc) is 3.30. The zero-order valence-corrected chi connectivity index (χ0v) is 13.4. The summed E-state index contributed by atoms with van der Waals surface area (Å²) in [5, 5.41) is 31.1. The Bertz CT molecular complexity index is 894. The van der Waals surface area contributed by atoms with Gasteiger partial charge in [0.15, 0.2) is 0 Å². The quantitative estimate of drug-likeness (QED) is 0.373. The van der Waals surface area contributed by atoms with Crippen molar-refractivity contribution in [1.82, 2.24) is 4.73 Å². The van der Waals surface area contributed by atoms with E-state index < -0.39 is 11.1 Å². The van der Waals surface area contributed by atoms with Crippen molar-refractivity contribution in [3.05, 3.63) is 63.2 Å². The van der Waals surface area contributed by atoms with Crippen LogP contribution in [0.3, 0.4) is 0 Å². The molecular weight excluding hydrogens is 344 g/mol. The molecule has 2 bridgehead atoms. The molecule has 2 aromatic rings. The summed E-state index contributed by atoms with van der Waals surface area (Å²) in [7, 11) is 0. The summed E-state index contributed by atoms with van der Waals surface area (Å²) >= 11 is 0. The lowest BCUT2D eigenvalue weighted by Crippen LogP contribution is -2.20. The summed E-state index contributed by atoms with van der Waals surface area (Å²) < 4.78 is 5.58. The van der Waals surface area contributed by atoms with Gasteiger partial charge in [0, 0.05) is 35.1 Å². The molecule has 134 valence electrons. The van der Waals surface area contributed by atoms with E-state index in [9.17, 15) is 25.1 Å². The van der Waals surface area contributed by atoms with Crippen LogP contribution in [-0.2, 0) is 11.3 Å². The number of carbonyl (C=O) groups excluding carboxylic acids is 1. The van der Waals surface area contributed by atoms with E-state index >= 15 is 0 Å². The number of benzene rings is 1. The highest BCUT2D eigenvalue weighted by atomic mass is 16.8. The second-order valence-electron chi connectivity index (χ2n) is 6.16. The largest absolute Gasteiger partial charge is 0.534 e. The summed E-state index contributed by atoms with van der Waals surface area (Å²) in [5.74, 6) is -0.632. The van der Waals surface area contributed by atoms with E-state index in [-0.39, 0.29) is 35.9 Å². The predicted octanol–water partition coefficient (Wildman–Crippen LogP) is 2.71. The average molecular weight is 358 g/mol. The fraction of sp³-hybridized carbons (Fsp3) is 0.235. The minimum atomic E-state index is -1.12. The fourth-order valence-corrected chi connectivity index (χ4v) is 3.46. The van der Waals surface area contributed by atoms with Gasteiger partial charge in [-0.3, -0.25) is 15.0 Å². The van der Waals surface area contributed by atoms with Crippen LogP contribution in [0.15, 0.2) is 36.4 Å². The first-order valence-corrected chi connectivity index (χ1v) is 7.89. The first kappa shape index (κ1) is 16.0. The number of fused-ring (bicyclic) bond motifs is 5. The maximum Gasteiger partial charge on any atom is 0.534 e. The number of nitro groups is 1. The second-order valence-corrected chi connectivity index (χ2v) is 6.16. The number of nitrogens with zero attached hydrogens (tertiary/aromatic N) is 2. The van der Waals surface area contributed by atoms with Crippen LogP contribution in [0.2, 0.25) is 0 Å². The summed E-state index contributed by atoms with van der Waals surface area (Å²) in [6.07, 6.45) is 3.56. The third-order valence-corrected chi connectivity index (χ3v) is 4.65. The predicted molar refractivity (Wildman–Crippen MR) is 86.9 cm³/mol. The summed E-state index contributed by atoms with van der Waals surface area (Å²) in [5.41, 5.74) is 1.59. The van der Waals surface area contributed by atoms with Crippen LogP contribution in [0.4, 0.5) is 10.5 Å². The highest BCUT2D eigenvalue weighted by Crippen LogP contribution is 2.56. The van der Waals surface area contributed by atoms with Crippen molar-refractivity contribution in [3.63, 3.8) is 0 Å². The molecule has 2 atom stereocenters. The second kappa shape index (κ2) is 5.80. The van der Waals surface area contributed by atoms with Crippen LogP contribution in [0, 0.1) is 10.1 Å². The lowest BCUT2D eigenvalue weighted by atomic mass is 10.0. The Morgan fingerprint density at radius 2 is 1.73 bits per heavy atom. The summed E-state index contributed by atoms with van der Waals surface area (Å²) in [6, 6.07) is 5.49. The molecule has 1 aromatic heterocycles. The number of aromatic hydroxyl groups is 2. The summed E-state index contributed by atoms with van der Waals surface area (Å²) in [6.45, 7) is -0.174. The number of non-ortho nitro benzene ring substituents is 1. The number of allylic oxidation sites excluding steroid dienone is 2. The Labute approximate surface area is 146 Å². The van der Waals surface area contributed by atoms with E-state index in [1.54, 1.807) is 0 Å². The topological polar surface area (TPSA) is 124 Å². The van der Waals surface area contributed by atoms with Crippen molar-refractivity contribution in [2.24, 2.45) is 0 Å². The minimum absolute atomic E-state index is 0.00174. The fourth-order valence-electron chi connectivity index (χ4n) is 3.46. The van der Waals surface area contributed by atoms with E-state index in [4.69, 9.17) is 9.57 Å². The van der Waals surface area contributed by atoms with Gasteiger partial charge < -0.3 is 14.9 Å². The lowest BCUT2D eigenvalue weighted by Gasteiger charge is -2.09. The van der Waals surface area contributed by atoms with E-state index in [0.29, 0.717) is 21.4 Å². The molecule has 1 unspecified atom stereocenters. The Morgan fingerprint density at radius 3 is 2.27 bits per heavy atom. The molecule has 0 amide bonds. The SMILES string of the molecule is O=C(OCc1ccc([N+](=O)[O-])cc1)On1c(O)c2c(c1O)[C@H]1C=CC2C1. The Hall–Kier alpha value is -3.49. The van der Waals surface area contributed by atoms with Crippen LogP contribution in [0.25, 0.3) is 0 Å². The van der Waals surface area contributed by atoms with Crippen molar-refractivity contribution in [2.45, 2.75) is 24.9 Å². The van der Waals surface area contributed by atoms with Crippen molar-refractivity contribution < 1.29 is 29.5 Å². The van der Waals surface area contributed by atoms with Crippen LogP contribution in [0.5, 0.6) is 11.8 Å². The first-order valence-electron chi connectivity index (χ1n) is 7.89. The Kier molecular flexibility index (Phi) is 3.57. The van der Waals surface area contributed by atoms with Gasteiger partial charge in [0.05, 0.1) is 4.92 Å². The highest BCUT2D eigenvalue weighted by Gasteiger charge is 2.42. The van der Waals surface area contributed by atoms with Gasteiger partial charge in [-0.1, -0.05) is 12.2 Å². The number of ether oxygens (including phenoxy) is 1. The van der Waals surface area contributed by atoms with Crippen LogP contribution in [-0.4, -0.2) is 26.0 Å². The maximum atomic E-state index is 11.9. The molecule has 0 saturated carbocycles. The molecule has 2 aliphatic rings. The van der Waals surface area contributed by atoms with Gasteiger partial charge in [-0.2, -0.15) is 0 Å². The smallest absolute Gasteiger partial charge is 0.492 e. The van der Waals surface area contributed by atoms with Gasteiger partial charge in [0.2, 0.25) is 11.8 Å². The van der Waals surface area contributed by atoms with Crippen molar-refractivity contribution in [2.75, 3.05) is 0 Å². The minimum Gasteiger partial charge on any atom is -0.492 e. The van der Waals surface area contributed by atoms with Gasteiger partial charge in [0.25, 0.3) is 5.69 Å². The molecule has 0 spiro atoms. The first-order chi connectivity index (χ1) is 12.5. The molecule has 9 nitrogen and oxygen atoms in total. The van der Waals surface area contributed by atoms with E-state index in [0.717, 1.165) is 6.42 Å². The van der Waals surface area contributed by atoms with Crippen molar-refractivity contribution >= 4 is 11.8 Å². The van der Waals surface area contributed by atoms with Gasteiger partial charge in [-0.15, -0.1) is 4.73 Å². The third-order valence-electron chi connectivity index (χ3n) is 4.65. The van der Waals surface area contributed by atoms with E-state index in [1.807, 2.05) is 12.2 Å². The lowest BCUT2D eigenvalue weighted by molar-refractivity contribution is -0.384.